The molecule has 0 aromatic heterocycles. The molecule has 2 aromatic carbocycles. The zero-order valence-electron chi connectivity index (χ0n) is 11.9. The highest BCUT2D eigenvalue weighted by molar-refractivity contribution is 6.30. The summed E-state index contributed by atoms with van der Waals surface area (Å²) in [5.41, 5.74) is 1.48. The Morgan fingerprint density at radius 1 is 1.00 bits per heavy atom. The second kappa shape index (κ2) is 7.19. The predicted octanol–water partition coefficient (Wildman–Crippen LogP) is 4.68. The standard InChI is InChI=1S/C18H17ClO2/c1-2-17(20)16(13-6-4-3-5-7-13)12-18(21)14-8-10-15(19)11-9-14/h3-11,16H,2,12H2,1H3. The molecule has 0 aliphatic heterocycles. The van der Waals surface area contributed by atoms with Crippen molar-refractivity contribution >= 4 is 23.2 Å². The summed E-state index contributed by atoms with van der Waals surface area (Å²) in [6.07, 6.45) is 0.617. The minimum absolute atomic E-state index is 0.0395. The zero-order valence-corrected chi connectivity index (χ0v) is 12.6. The van der Waals surface area contributed by atoms with Gasteiger partial charge in [-0.1, -0.05) is 48.9 Å². The number of benzene rings is 2. The molecule has 108 valence electrons. The first-order chi connectivity index (χ1) is 10.1. The van der Waals surface area contributed by atoms with Gasteiger partial charge in [0.15, 0.2) is 5.78 Å². The van der Waals surface area contributed by atoms with E-state index in [2.05, 4.69) is 0 Å². The number of hydrogen-bond acceptors (Lipinski definition) is 2. The third-order valence-electron chi connectivity index (χ3n) is 3.49. The average molecular weight is 301 g/mol. The highest BCUT2D eigenvalue weighted by Crippen LogP contribution is 2.24. The molecule has 0 bridgehead atoms. The molecule has 3 heteroatoms. The van der Waals surface area contributed by atoms with E-state index in [1.807, 2.05) is 37.3 Å². The summed E-state index contributed by atoms with van der Waals surface area (Å²) in [4.78, 5) is 24.5. The van der Waals surface area contributed by atoms with Crippen molar-refractivity contribution in [1.82, 2.24) is 0 Å². The van der Waals surface area contributed by atoms with Gasteiger partial charge in [0, 0.05) is 29.3 Å². The van der Waals surface area contributed by atoms with Gasteiger partial charge in [0.05, 0.1) is 0 Å². The van der Waals surface area contributed by atoms with Crippen molar-refractivity contribution in [2.45, 2.75) is 25.7 Å². The van der Waals surface area contributed by atoms with Crippen molar-refractivity contribution in [1.29, 1.82) is 0 Å². The summed E-state index contributed by atoms with van der Waals surface area (Å²) in [7, 11) is 0. The smallest absolute Gasteiger partial charge is 0.163 e. The van der Waals surface area contributed by atoms with E-state index in [4.69, 9.17) is 11.6 Å². The summed E-state index contributed by atoms with van der Waals surface area (Å²) < 4.78 is 0. The van der Waals surface area contributed by atoms with Crippen molar-refractivity contribution < 1.29 is 9.59 Å². The molecular formula is C18H17ClO2. The Labute approximate surface area is 129 Å². The van der Waals surface area contributed by atoms with Gasteiger partial charge in [0.1, 0.15) is 5.78 Å². The predicted molar refractivity (Wildman–Crippen MR) is 84.9 cm³/mol. The van der Waals surface area contributed by atoms with E-state index < -0.39 is 0 Å². The molecule has 0 amide bonds. The Morgan fingerprint density at radius 2 is 1.62 bits per heavy atom. The van der Waals surface area contributed by atoms with Gasteiger partial charge >= 0.3 is 0 Å². The summed E-state index contributed by atoms with van der Waals surface area (Å²) in [5, 5.41) is 0.593. The number of rotatable bonds is 6. The maximum Gasteiger partial charge on any atom is 0.163 e. The van der Waals surface area contributed by atoms with Crippen LogP contribution in [-0.2, 0) is 4.79 Å². The lowest BCUT2D eigenvalue weighted by Crippen LogP contribution is -2.16. The van der Waals surface area contributed by atoms with E-state index in [-0.39, 0.29) is 23.9 Å². The number of carbonyl (C=O) groups is 2. The Hall–Kier alpha value is -1.93. The van der Waals surface area contributed by atoms with Crippen LogP contribution in [0.4, 0.5) is 0 Å². The van der Waals surface area contributed by atoms with Gasteiger partial charge in [-0.2, -0.15) is 0 Å². The second-order valence-corrected chi connectivity index (χ2v) is 5.35. The maximum atomic E-state index is 12.4. The van der Waals surface area contributed by atoms with Crippen molar-refractivity contribution in [2.24, 2.45) is 0 Å². The number of halogens is 1. The first kappa shape index (κ1) is 15.5. The lowest BCUT2D eigenvalue weighted by atomic mass is 9.87. The highest BCUT2D eigenvalue weighted by atomic mass is 35.5. The quantitative estimate of drug-likeness (QED) is 0.726. The molecule has 1 atom stereocenters. The molecule has 2 rings (SSSR count). The van der Waals surface area contributed by atoms with Crippen LogP contribution in [0.15, 0.2) is 54.6 Å². The Balaban J connectivity index is 2.21. The number of hydrogen-bond donors (Lipinski definition) is 0. The lowest BCUT2D eigenvalue weighted by molar-refractivity contribution is -0.120. The molecule has 0 N–H and O–H groups in total. The van der Waals surface area contributed by atoms with Crippen LogP contribution >= 0.6 is 11.6 Å². The van der Waals surface area contributed by atoms with E-state index in [1.165, 1.54) is 0 Å². The van der Waals surface area contributed by atoms with Crippen LogP contribution in [0.25, 0.3) is 0 Å². The molecular weight excluding hydrogens is 284 g/mol. The number of Topliss-reactive ketones (excluding diaryl/α,β-unsaturated/α-hetero) is 2. The third kappa shape index (κ3) is 4.02. The molecule has 0 radical (unpaired) electrons. The first-order valence-electron chi connectivity index (χ1n) is 6.98. The molecule has 1 unspecified atom stereocenters. The molecule has 21 heavy (non-hydrogen) atoms. The van der Waals surface area contributed by atoms with Crippen molar-refractivity contribution in [3.05, 3.63) is 70.7 Å². The summed E-state index contributed by atoms with van der Waals surface area (Å²) >= 11 is 5.83. The monoisotopic (exact) mass is 300 g/mol. The Bertz CT molecular complexity index is 617. The molecule has 2 nitrogen and oxygen atoms in total. The van der Waals surface area contributed by atoms with Crippen LogP contribution in [-0.4, -0.2) is 11.6 Å². The summed E-state index contributed by atoms with van der Waals surface area (Å²) in [6.45, 7) is 1.82. The van der Waals surface area contributed by atoms with Gasteiger partial charge in [-0.25, -0.2) is 0 Å². The van der Waals surface area contributed by atoms with E-state index in [0.29, 0.717) is 17.0 Å². The van der Waals surface area contributed by atoms with Gasteiger partial charge in [-0.05, 0) is 29.8 Å². The molecule has 0 aliphatic rings. The average Bonchev–Trinajstić information content (AvgIpc) is 2.53. The fourth-order valence-corrected chi connectivity index (χ4v) is 2.41. The van der Waals surface area contributed by atoms with E-state index in [9.17, 15) is 9.59 Å². The van der Waals surface area contributed by atoms with Gasteiger partial charge in [0.2, 0.25) is 0 Å². The molecule has 0 fully saturated rings. The maximum absolute atomic E-state index is 12.4. The van der Waals surface area contributed by atoms with Crippen LogP contribution in [0.3, 0.4) is 0 Å². The first-order valence-corrected chi connectivity index (χ1v) is 7.36. The van der Waals surface area contributed by atoms with Gasteiger partial charge in [-0.3, -0.25) is 9.59 Å². The normalized spacial score (nSPS) is 11.9. The van der Waals surface area contributed by atoms with Crippen molar-refractivity contribution in [2.75, 3.05) is 0 Å². The fourth-order valence-electron chi connectivity index (χ4n) is 2.29. The number of carbonyl (C=O) groups excluding carboxylic acids is 2. The van der Waals surface area contributed by atoms with Gasteiger partial charge in [0.25, 0.3) is 0 Å². The molecule has 0 aliphatic carbocycles. The SMILES string of the molecule is CCC(=O)C(CC(=O)c1ccc(Cl)cc1)c1ccccc1. The Kier molecular flexibility index (Phi) is 5.29. The molecule has 0 saturated heterocycles. The van der Waals surface area contributed by atoms with Crippen LogP contribution in [0.5, 0.6) is 0 Å². The minimum Gasteiger partial charge on any atom is -0.299 e. The minimum atomic E-state index is -0.376. The van der Waals surface area contributed by atoms with E-state index >= 15 is 0 Å². The zero-order chi connectivity index (χ0) is 15.2. The third-order valence-corrected chi connectivity index (χ3v) is 3.75. The van der Waals surface area contributed by atoms with Crippen LogP contribution in [0.2, 0.25) is 5.02 Å². The van der Waals surface area contributed by atoms with Crippen LogP contribution in [0, 0.1) is 0 Å². The molecule has 0 spiro atoms. The van der Waals surface area contributed by atoms with Crippen molar-refractivity contribution in [3.8, 4) is 0 Å². The fraction of sp³-hybridized carbons (Fsp3) is 0.222. The molecule has 0 heterocycles. The van der Waals surface area contributed by atoms with Gasteiger partial charge in [-0.15, -0.1) is 0 Å². The van der Waals surface area contributed by atoms with Crippen LogP contribution in [0.1, 0.15) is 41.6 Å². The van der Waals surface area contributed by atoms with Crippen LogP contribution < -0.4 is 0 Å². The van der Waals surface area contributed by atoms with Gasteiger partial charge < -0.3 is 0 Å². The van der Waals surface area contributed by atoms with Crippen molar-refractivity contribution in [3.63, 3.8) is 0 Å². The number of ketones is 2. The molecule has 0 saturated carbocycles. The lowest BCUT2D eigenvalue weighted by Gasteiger charge is -2.15. The van der Waals surface area contributed by atoms with E-state index in [1.54, 1.807) is 24.3 Å². The largest absolute Gasteiger partial charge is 0.299 e. The molecule has 2 aromatic rings. The second-order valence-electron chi connectivity index (χ2n) is 4.92. The topological polar surface area (TPSA) is 34.1 Å². The summed E-state index contributed by atoms with van der Waals surface area (Å²) in [6, 6.07) is 16.2. The van der Waals surface area contributed by atoms with E-state index in [0.717, 1.165) is 5.56 Å². The highest BCUT2D eigenvalue weighted by Gasteiger charge is 2.22. The summed E-state index contributed by atoms with van der Waals surface area (Å²) in [5.74, 6) is -0.329. The Morgan fingerprint density at radius 3 is 2.19 bits per heavy atom.